The van der Waals surface area contributed by atoms with Crippen LogP contribution in [0, 0.1) is 22.7 Å². The van der Waals surface area contributed by atoms with Crippen molar-refractivity contribution >= 4 is 75.8 Å². The topological polar surface area (TPSA) is 6.48 Å². The Hall–Kier alpha value is -4.06. The van der Waals surface area contributed by atoms with Gasteiger partial charge in [0.2, 0.25) is 0 Å². The van der Waals surface area contributed by atoms with E-state index in [9.17, 15) is 0 Å². The molecule has 0 spiro atoms. The lowest BCUT2D eigenvalue weighted by Gasteiger charge is -2.45. The van der Waals surface area contributed by atoms with Crippen molar-refractivity contribution in [3.8, 4) is 0 Å². The first-order valence-electron chi connectivity index (χ1n) is 25.2. The van der Waals surface area contributed by atoms with Gasteiger partial charge in [-0.3, -0.25) is 0 Å². The molecule has 3 aromatic carbocycles. The summed E-state index contributed by atoms with van der Waals surface area (Å²) >= 11 is 4.01. The fraction of sp³-hybridized carbons (Fsp3) is 0.475. The van der Waals surface area contributed by atoms with Crippen LogP contribution in [-0.4, -0.2) is 24.2 Å². The zero-order chi connectivity index (χ0) is 47.8. The molecule has 5 heteroatoms. The third kappa shape index (κ3) is 8.56. The molecule has 1 aliphatic carbocycles. The molecule has 8 rings (SSSR count). The van der Waals surface area contributed by atoms with Crippen molar-refractivity contribution in [2.24, 2.45) is 22.7 Å². The van der Waals surface area contributed by atoms with Gasteiger partial charge in [0.15, 0.2) is 0 Å². The molecule has 0 N–H and O–H groups in total. The maximum Gasteiger partial charge on any atom is 0.251 e. The second-order valence-corrected chi connectivity index (χ2v) is 25.7. The SMILES string of the molecule is C=C(C)CC1C2=CN(C/C=C(\C(=C/C)C(C)C)C(C)(C)C)C(CC(CC)C(=C)C(C)(C)CC)=CB2c2sc3cc4c(cc3c2N1c1cccc2c1sc1ccccc12)C(C)(C)CCC4(C)C. The molecule has 2 atom stereocenters. The molecule has 0 saturated heterocycles. The third-order valence-corrected chi connectivity index (χ3v) is 18.6. The van der Waals surface area contributed by atoms with Crippen LogP contribution in [0.25, 0.3) is 30.3 Å². The number of fused-ring (bicyclic) bond motifs is 9. The van der Waals surface area contributed by atoms with Crippen LogP contribution in [0.15, 0.2) is 126 Å². The summed E-state index contributed by atoms with van der Waals surface area (Å²) in [7, 11) is 0. The van der Waals surface area contributed by atoms with Gasteiger partial charge < -0.3 is 9.80 Å². The summed E-state index contributed by atoms with van der Waals surface area (Å²) in [6.07, 6.45) is 14.0. The lowest BCUT2D eigenvalue weighted by Crippen LogP contribution is -2.52. The first kappa shape index (κ1) is 48.4. The molecule has 0 radical (unpaired) electrons. The molecule has 348 valence electrons. The van der Waals surface area contributed by atoms with Crippen LogP contribution in [0.2, 0.25) is 0 Å². The second kappa shape index (κ2) is 17.8. The van der Waals surface area contributed by atoms with Crippen molar-refractivity contribution in [1.82, 2.24) is 4.90 Å². The number of hydrogen-bond donors (Lipinski definition) is 0. The van der Waals surface area contributed by atoms with E-state index < -0.39 is 0 Å². The van der Waals surface area contributed by atoms with E-state index in [2.05, 4.69) is 210 Å². The number of allylic oxidation sites excluding steroid dienone is 5. The summed E-state index contributed by atoms with van der Waals surface area (Å²) in [6.45, 7) is 46.2. The lowest BCUT2D eigenvalue weighted by atomic mass is 9.38. The molecule has 3 aliphatic rings. The van der Waals surface area contributed by atoms with Crippen molar-refractivity contribution in [3.63, 3.8) is 0 Å². The molecule has 2 aliphatic heterocycles. The van der Waals surface area contributed by atoms with Crippen molar-refractivity contribution in [2.45, 2.75) is 159 Å². The number of anilines is 2. The average Bonchev–Trinajstić information content (AvgIpc) is 3.83. The number of benzene rings is 3. The van der Waals surface area contributed by atoms with Crippen molar-refractivity contribution in [3.05, 3.63) is 137 Å². The summed E-state index contributed by atoms with van der Waals surface area (Å²) in [4.78, 5) is 5.46. The van der Waals surface area contributed by atoms with Crippen molar-refractivity contribution in [2.75, 3.05) is 11.4 Å². The summed E-state index contributed by atoms with van der Waals surface area (Å²) in [5, 5.41) is 4.10. The molecule has 5 aromatic rings. The summed E-state index contributed by atoms with van der Waals surface area (Å²) in [5.74, 6) is 3.55. The maximum atomic E-state index is 4.86. The fourth-order valence-electron chi connectivity index (χ4n) is 11.7. The molecule has 2 aromatic heterocycles. The molecule has 0 saturated carbocycles. The quantitative estimate of drug-likeness (QED) is 0.0660. The van der Waals surface area contributed by atoms with Gasteiger partial charge in [-0.25, -0.2) is 0 Å². The Labute approximate surface area is 408 Å². The van der Waals surface area contributed by atoms with Crippen LogP contribution in [-0.2, 0) is 10.8 Å². The van der Waals surface area contributed by atoms with Crippen molar-refractivity contribution in [1.29, 1.82) is 0 Å². The summed E-state index contributed by atoms with van der Waals surface area (Å²) in [6, 6.07) is 21.4. The Morgan fingerprint density at radius 3 is 2.17 bits per heavy atom. The van der Waals surface area contributed by atoms with Gasteiger partial charge in [-0.05, 0) is 139 Å². The Kier molecular flexibility index (Phi) is 13.0. The smallest absolute Gasteiger partial charge is 0.251 e. The van der Waals surface area contributed by atoms with Crippen LogP contribution >= 0.6 is 22.7 Å². The summed E-state index contributed by atoms with van der Waals surface area (Å²) in [5.41, 5.74) is 14.5. The van der Waals surface area contributed by atoms with Crippen LogP contribution in [0.1, 0.15) is 154 Å². The van der Waals surface area contributed by atoms with Gasteiger partial charge in [0, 0.05) is 42.6 Å². The van der Waals surface area contributed by atoms with Crippen LogP contribution in [0.3, 0.4) is 0 Å². The van der Waals surface area contributed by atoms with Gasteiger partial charge in [0.05, 0.1) is 22.1 Å². The van der Waals surface area contributed by atoms with E-state index >= 15 is 0 Å². The Morgan fingerprint density at radius 1 is 0.879 bits per heavy atom. The summed E-state index contributed by atoms with van der Waals surface area (Å²) < 4.78 is 5.61. The normalized spacial score (nSPS) is 19.3. The van der Waals surface area contributed by atoms with Gasteiger partial charge in [0.1, 0.15) is 0 Å². The molecule has 4 heterocycles. The Balaban J connectivity index is 1.43. The Bertz CT molecular complexity index is 2840. The second-order valence-electron chi connectivity index (χ2n) is 23.5. The predicted octanol–water partition coefficient (Wildman–Crippen LogP) is 18.0. The van der Waals surface area contributed by atoms with E-state index in [4.69, 9.17) is 6.58 Å². The number of hydrogen-bond acceptors (Lipinski definition) is 4. The maximum absolute atomic E-state index is 4.86. The highest BCUT2D eigenvalue weighted by Gasteiger charge is 2.46. The molecule has 0 amide bonds. The number of rotatable bonds is 13. The number of nitrogens with zero attached hydrogens (tertiary/aromatic N) is 2. The highest BCUT2D eigenvalue weighted by atomic mass is 32.1. The van der Waals surface area contributed by atoms with Crippen molar-refractivity contribution < 1.29 is 0 Å². The van der Waals surface area contributed by atoms with Gasteiger partial charge in [-0.2, -0.15) is 0 Å². The molecule has 0 fully saturated rings. The minimum atomic E-state index is 0.00811. The van der Waals surface area contributed by atoms with Gasteiger partial charge in [0.25, 0.3) is 6.71 Å². The first-order chi connectivity index (χ1) is 31.0. The van der Waals surface area contributed by atoms with Crippen LogP contribution in [0.4, 0.5) is 11.4 Å². The monoisotopic (exact) mass is 915 g/mol. The van der Waals surface area contributed by atoms with Gasteiger partial charge >= 0.3 is 0 Å². The highest BCUT2D eigenvalue weighted by Crippen LogP contribution is 2.53. The minimum Gasteiger partial charge on any atom is -0.349 e. The molecule has 2 nitrogen and oxygen atoms in total. The highest BCUT2D eigenvalue weighted by molar-refractivity contribution is 7.31. The van der Waals surface area contributed by atoms with E-state index in [0.29, 0.717) is 11.8 Å². The fourth-order valence-corrected chi connectivity index (χ4v) is 14.2. The zero-order valence-electron chi connectivity index (χ0n) is 43.4. The molecule has 66 heavy (non-hydrogen) atoms. The standard InChI is InChI=1S/C61H79BN2S2/c1-18-41(40(8)59(12,13)20-3)33-42-36-62-50(37-63(42)31-28-47(58(9,10)11)43(19-2)39(6)7)52(32-38(4)5)64(51-26-23-25-45-44-24-21-22-27-53(44)65-56(45)51)55-46-34-48-49(35-54(46)66-57(55)62)61(16,17)30-29-60(48,14)15/h19,21-28,34-37,39,41,52H,4,8,18,20,29-33H2,1-3,5-7,9-17H3/b43-19-,47-28+. The molecular formula is C61H79BN2S2. The molecular weight excluding hydrogens is 836 g/mol. The van der Waals surface area contributed by atoms with Crippen LogP contribution in [0.5, 0.6) is 0 Å². The minimum absolute atomic E-state index is 0.00811. The van der Waals surface area contributed by atoms with Crippen LogP contribution < -0.4 is 9.68 Å². The molecule has 0 bridgehead atoms. The van der Waals surface area contributed by atoms with E-state index in [1.165, 1.54) is 104 Å². The first-order valence-corrected chi connectivity index (χ1v) is 26.9. The van der Waals surface area contributed by atoms with E-state index in [1.54, 1.807) is 0 Å². The van der Waals surface area contributed by atoms with E-state index in [0.717, 1.165) is 32.2 Å². The Morgan fingerprint density at radius 2 is 1.55 bits per heavy atom. The predicted molar refractivity (Wildman–Crippen MR) is 298 cm³/mol. The number of thiophene rings is 2. The lowest BCUT2D eigenvalue weighted by molar-refractivity contribution is 0.332. The van der Waals surface area contributed by atoms with E-state index in [-0.39, 0.29) is 34.4 Å². The zero-order valence-corrected chi connectivity index (χ0v) is 45.0. The average molecular weight is 915 g/mol. The third-order valence-electron chi connectivity index (χ3n) is 16.2. The molecule has 2 unspecified atom stereocenters. The van der Waals surface area contributed by atoms with E-state index in [1.807, 2.05) is 11.3 Å². The largest absolute Gasteiger partial charge is 0.349 e. The van der Waals surface area contributed by atoms with Gasteiger partial charge in [-0.1, -0.05) is 162 Å². The van der Waals surface area contributed by atoms with Gasteiger partial charge in [-0.15, -0.1) is 29.3 Å².